The summed E-state index contributed by atoms with van der Waals surface area (Å²) in [5, 5.41) is 5.53. The van der Waals surface area contributed by atoms with E-state index in [0.717, 1.165) is 45.4 Å². The Hall–Kier alpha value is -2.35. The lowest BCUT2D eigenvalue weighted by Crippen LogP contribution is -2.27. The van der Waals surface area contributed by atoms with Gasteiger partial charge < -0.3 is 10.1 Å². The van der Waals surface area contributed by atoms with E-state index in [0.29, 0.717) is 44.6 Å². The molecule has 0 saturated carbocycles. The van der Waals surface area contributed by atoms with E-state index in [1.807, 2.05) is 24.3 Å². The van der Waals surface area contributed by atoms with Crippen molar-refractivity contribution in [1.29, 1.82) is 0 Å². The monoisotopic (exact) mass is 702 g/mol. The molecule has 218 valence electrons. The number of carbonyl (C=O) groups excluding carboxylic acids is 1. The predicted molar refractivity (Wildman–Crippen MR) is 181 cm³/mol. The lowest BCUT2D eigenvalue weighted by atomic mass is 9.72. The molecule has 1 amide bonds. The second-order valence-corrected chi connectivity index (χ2v) is 14.6. The Balaban J connectivity index is 1.39. The fraction of sp³-hybridized carbons (Fsp3) is 0.273. The minimum Gasteiger partial charge on any atom is -0.488 e. The highest BCUT2D eigenvalue weighted by molar-refractivity contribution is 9.10. The maximum atomic E-state index is 13.6. The molecule has 9 heteroatoms. The molecule has 1 heterocycles. The van der Waals surface area contributed by atoms with Crippen molar-refractivity contribution in [2.75, 3.05) is 5.32 Å². The summed E-state index contributed by atoms with van der Waals surface area (Å²) in [4.78, 5) is 19.7. The largest absolute Gasteiger partial charge is 0.488 e. The van der Waals surface area contributed by atoms with Crippen LogP contribution in [0.15, 0.2) is 70.1 Å². The molecule has 42 heavy (non-hydrogen) atoms. The number of hydrogen-bond donors (Lipinski definition) is 1. The van der Waals surface area contributed by atoms with Gasteiger partial charge in [0.1, 0.15) is 17.4 Å². The zero-order chi connectivity index (χ0) is 30.0. The van der Waals surface area contributed by atoms with Crippen molar-refractivity contribution in [3.63, 3.8) is 0 Å². The summed E-state index contributed by atoms with van der Waals surface area (Å²) in [7, 11) is 0. The molecule has 1 atom stereocenters. The van der Waals surface area contributed by atoms with E-state index >= 15 is 0 Å². The number of ether oxygens (including phenoxy) is 1. The summed E-state index contributed by atoms with van der Waals surface area (Å²) < 4.78 is 6.78. The zero-order valence-corrected chi connectivity index (χ0v) is 28.1. The number of aliphatic imine (C=N–C) groups is 1. The van der Waals surface area contributed by atoms with Crippen molar-refractivity contribution in [1.82, 2.24) is 0 Å². The molecule has 1 N–H and O–H groups in total. The number of thiophene rings is 1. The first-order valence-electron chi connectivity index (χ1n) is 13.6. The molecular weight excluding hydrogens is 675 g/mol. The summed E-state index contributed by atoms with van der Waals surface area (Å²) in [6, 6.07) is 18.2. The third-order valence-electron chi connectivity index (χ3n) is 7.49. The third kappa shape index (κ3) is 7.40. The quantitative estimate of drug-likeness (QED) is 0.195. The maximum Gasteiger partial charge on any atom is 0.259 e. The van der Waals surface area contributed by atoms with Crippen LogP contribution in [0.3, 0.4) is 0 Å². The Bertz CT molecular complexity index is 1640. The van der Waals surface area contributed by atoms with Crippen molar-refractivity contribution < 1.29 is 9.53 Å². The molecule has 0 bridgehead atoms. The molecule has 1 aliphatic carbocycles. The minimum atomic E-state index is -0.151. The molecule has 1 aromatic heterocycles. The fourth-order valence-corrected chi connectivity index (χ4v) is 7.37. The average Bonchev–Trinajstić information content (AvgIpc) is 3.31. The van der Waals surface area contributed by atoms with Gasteiger partial charge in [-0.2, -0.15) is 0 Å². The summed E-state index contributed by atoms with van der Waals surface area (Å²) in [6.45, 7) is 7.18. The van der Waals surface area contributed by atoms with Gasteiger partial charge in [0, 0.05) is 37.4 Å². The van der Waals surface area contributed by atoms with Crippen LogP contribution >= 0.6 is 62.1 Å². The van der Waals surface area contributed by atoms with Crippen molar-refractivity contribution >= 4 is 84.9 Å². The van der Waals surface area contributed by atoms with E-state index in [9.17, 15) is 4.79 Å². The van der Waals surface area contributed by atoms with Gasteiger partial charge in [-0.3, -0.25) is 4.79 Å². The SMILES string of the molecule is CC(C)(C)[C@H]1CCc2c(sc(N=Cc3ccc(OCc4ccc(Cl)cc4Cl)c(Br)c3)c2C(=O)Nc2ccc(Cl)cc2)C1. The third-order valence-corrected chi connectivity index (χ3v) is 10.1. The van der Waals surface area contributed by atoms with Crippen LogP contribution in [-0.2, 0) is 19.4 Å². The Morgan fingerprint density at radius 1 is 1.07 bits per heavy atom. The van der Waals surface area contributed by atoms with Crippen LogP contribution in [0.25, 0.3) is 0 Å². The first-order chi connectivity index (χ1) is 20.0. The summed E-state index contributed by atoms with van der Waals surface area (Å²) in [5.41, 5.74) is 4.39. The molecule has 4 aromatic rings. The maximum absolute atomic E-state index is 13.6. The van der Waals surface area contributed by atoms with Gasteiger partial charge in [-0.05, 0) is 112 Å². The van der Waals surface area contributed by atoms with Crippen LogP contribution in [0.4, 0.5) is 10.7 Å². The lowest BCUT2D eigenvalue weighted by molar-refractivity contribution is 0.102. The van der Waals surface area contributed by atoms with Crippen molar-refractivity contribution in [3.8, 4) is 5.75 Å². The summed E-state index contributed by atoms with van der Waals surface area (Å²) >= 11 is 23.6. The summed E-state index contributed by atoms with van der Waals surface area (Å²) in [5.74, 6) is 1.09. The molecule has 0 fully saturated rings. The van der Waals surface area contributed by atoms with Crippen molar-refractivity contribution in [3.05, 3.63) is 107 Å². The first kappa shape index (κ1) is 31.1. The molecule has 0 spiro atoms. The number of carbonyl (C=O) groups is 1. The molecule has 5 rings (SSSR count). The van der Waals surface area contributed by atoms with Gasteiger partial charge in [-0.25, -0.2) is 4.99 Å². The molecule has 0 unspecified atom stereocenters. The van der Waals surface area contributed by atoms with E-state index < -0.39 is 0 Å². The second kappa shape index (κ2) is 13.1. The Morgan fingerprint density at radius 3 is 2.50 bits per heavy atom. The fourth-order valence-electron chi connectivity index (χ4n) is 5.00. The standard InChI is InChI=1S/C33H30BrCl3N2O2S/c1-33(2,3)21-6-12-25-29(15-21)42-32(30(25)31(40)39-24-10-8-22(35)9-11-24)38-17-19-4-13-28(26(34)14-19)41-18-20-5-7-23(36)16-27(20)37/h4-5,7-11,13-14,16-17,21H,6,12,15,18H2,1-3H3,(H,39,40)/t21-/m0/s1. The van der Waals surface area contributed by atoms with Gasteiger partial charge in [-0.15, -0.1) is 11.3 Å². The van der Waals surface area contributed by atoms with Crippen molar-refractivity contribution in [2.24, 2.45) is 16.3 Å². The second-order valence-electron chi connectivity index (χ2n) is 11.4. The number of anilines is 1. The number of fused-ring (bicyclic) bond motifs is 1. The smallest absolute Gasteiger partial charge is 0.259 e. The lowest BCUT2D eigenvalue weighted by Gasteiger charge is -2.33. The van der Waals surface area contributed by atoms with Gasteiger partial charge in [0.25, 0.3) is 5.91 Å². The van der Waals surface area contributed by atoms with Crippen LogP contribution in [0.1, 0.15) is 59.1 Å². The van der Waals surface area contributed by atoms with Gasteiger partial charge in [0.15, 0.2) is 0 Å². The summed E-state index contributed by atoms with van der Waals surface area (Å²) in [6.07, 6.45) is 4.66. The highest BCUT2D eigenvalue weighted by Gasteiger charge is 2.33. The molecule has 0 saturated heterocycles. The molecule has 3 aromatic carbocycles. The van der Waals surface area contributed by atoms with E-state index in [1.165, 1.54) is 4.88 Å². The Labute approximate surface area is 274 Å². The number of nitrogens with zero attached hydrogens (tertiary/aromatic N) is 1. The number of amides is 1. The van der Waals surface area contributed by atoms with Crippen LogP contribution < -0.4 is 10.1 Å². The van der Waals surface area contributed by atoms with Crippen LogP contribution in [0, 0.1) is 11.3 Å². The number of hydrogen-bond acceptors (Lipinski definition) is 4. The van der Waals surface area contributed by atoms with E-state index in [-0.39, 0.29) is 11.3 Å². The molecule has 1 aliphatic rings. The average molecular weight is 705 g/mol. The normalized spacial score (nSPS) is 15.1. The highest BCUT2D eigenvalue weighted by Crippen LogP contribution is 2.45. The van der Waals surface area contributed by atoms with E-state index in [1.54, 1.807) is 53.9 Å². The number of halogens is 4. The Morgan fingerprint density at radius 2 is 1.81 bits per heavy atom. The van der Waals surface area contributed by atoms with Crippen LogP contribution in [0.5, 0.6) is 5.75 Å². The van der Waals surface area contributed by atoms with Crippen LogP contribution in [-0.4, -0.2) is 12.1 Å². The molecule has 0 radical (unpaired) electrons. The number of benzene rings is 3. The minimum absolute atomic E-state index is 0.151. The van der Waals surface area contributed by atoms with Gasteiger partial charge in [0.05, 0.1) is 10.0 Å². The number of nitrogens with one attached hydrogen (secondary N) is 1. The van der Waals surface area contributed by atoms with E-state index in [2.05, 4.69) is 42.0 Å². The first-order valence-corrected chi connectivity index (χ1v) is 16.3. The van der Waals surface area contributed by atoms with Crippen molar-refractivity contribution in [2.45, 2.75) is 46.6 Å². The van der Waals surface area contributed by atoms with E-state index in [4.69, 9.17) is 44.5 Å². The Kier molecular flexibility index (Phi) is 9.70. The highest BCUT2D eigenvalue weighted by atomic mass is 79.9. The zero-order valence-electron chi connectivity index (χ0n) is 23.4. The number of rotatable bonds is 7. The molecule has 0 aliphatic heterocycles. The predicted octanol–water partition coefficient (Wildman–Crippen LogP) is 11.2. The topological polar surface area (TPSA) is 50.7 Å². The van der Waals surface area contributed by atoms with Gasteiger partial charge in [-0.1, -0.05) is 61.6 Å². The van der Waals surface area contributed by atoms with Gasteiger partial charge >= 0.3 is 0 Å². The molecule has 4 nitrogen and oxygen atoms in total. The van der Waals surface area contributed by atoms with Gasteiger partial charge in [0.2, 0.25) is 0 Å². The molecular formula is C33H30BrCl3N2O2S. The van der Waals surface area contributed by atoms with Crippen LogP contribution in [0.2, 0.25) is 15.1 Å².